The van der Waals surface area contributed by atoms with Gasteiger partial charge in [-0.15, -0.1) is 0 Å². The van der Waals surface area contributed by atoms with Crippen LogP contribution in [0.2, 0.25) is 0 Å². The second-order valence-corrected chi connectivity index (χ2v) is 0. The quantitative estimate of drug-likeness (QED) is 0.514. The molecule has 0 aromatic rings. The monoisotopic (exact) mass is 144 g/mol. The Balaban J connectivity index is 0. The zero-order valence-corrected chi connectivity index (χ0v) is 4.08. The van der Waals surface area contributed by atoms with E-state index in [0.717, 1.165) is 0 Å². The predicted octanol–water partition coefficient (Wildman–Crippen LogP) is 0.0837. The maximum Gasteiger partial charge on any atom is 0 e. The van der Waals surface area contributed by atoms with Gasteiger partial charge in [0.2, 0.25) is 0 Å². The fourth-order valence-electron chi connectivity index (χ4n) is 0. The first kappa shape index (κ1) is 219. The Morgan fingerprint density at radius 1 is 1.00 bits per heavy atom. The van der Waals surface area contributed by atoms with E-state index in [2.05, 4.69) is 0 Å². The smallest absolute Gasteiger partial charge is 0 e. The van der Waals surface area contributed by atoms with E-state index in [9.17, 15) is 0 Å². The van der Waals surface area contributed by atoms with Crippen molar-refractivity contribution in [2.45, 2.75) is 7.43 Å². The molecule has 2 nitrogen and oxygen atoms in total. The first-order valence-corrected chi connectivity index (χ1v) is 0. The van der Waals surface area contributed by atoms with E-state index in [-0.39, 0.29) is 49.3 Å². The molecule has 1 radical (unpaired) electrons. The summed E-state index contributed by atoms with van der Waals surface area (Å²) in [6.07, 6.45) is 0. The van der Waals surface area contributed by atoms with Crippen LogP contribution < -0.4 is 6.15 Å². The van der Waals surface area contributed by atoms with Crippen LogP contribution >= 0.6 is 13.5 Å². The van der Waals surface area contributed by atoms with Crippen molar-refractivity contribution in [3.05, 3.63) is 0 Å². The Bertz CT molecular complexity index is 11.6. The van der Waals surface area contributed by atoms with Crippen LogP contribution in [0.15, 0.2) is 0 Å². The molecule has 0 aliphatic carbocycles. The van der Waals surface area contributed by atoms with Crippen molar-refractivity contribution in [3.63, 3.8) is 0 Å². The summed E-state index contributed by atoms with van der Waals surface area (Å²) in [5, 5.41) is 0. The molecule has 0 rings (SSSR count). The topological polar surface area (TPSA) is 66.5 Å². The maximum atomic E-state index is 0. The SMILES string of the molecule is C.N.O.S.[Co]. The molecule has 0 aliphatic heterocycles. The van der Waals surface area contributed by atoms with Crippen molar-refractivity contribution in [1.29, 1.82) is 0 Å². The molecule has 4 heteroatoms. The van der Waals surface area contributed by atoms with E-state index in [1.54, 1.807) is 0 Å². The van der Waals surface area contributed by atoms with Gasteiger partial charge in [0.05, 0.1) is 0 Å². The van der Waals surface area contributed by atoms with Gasteiger partial charge in [0, 0.05) is 16.8 Å². The molecule has 0 atom stereocenters. The average molecular weight is 144 g/mol. The van der Waals surface area contributed by atoms with Crippen LogP contribution in [0.3, 0.4) is 0 Å². The summed E-state index contributed by atoms with van der Waals surface area (Å²) in [4.78, 5) is 0. The minimum atomic E-state index is 0. The van der Waals surface area contributed by atoms with Crippen molar-refractivity contribution in [2.24, 2.45) is 0 Å². The van der Waals surface area contributed by atoms with Gasteiger partial charge in [-0.05, 0) is 0 Å². The first-order chi connectivity index (χ1) is 0. The van der Waals surface area contributed by atoms with Gasteiger partial charge in [0.15, 0.2) is 0 Å². The largest absolute Gasteiger partial charge is 0.412 e. The van der Waals surface area contributed by atoms with E-state index in [1.807, 2.05) is 0 Å². The Kier molecular flexibility index (Phi) is 4940. The molecule has 0 heterocycles. The number of hydrogen-bond donors (Lipinski definition) is 1. The van der Waals surface area contributed by atoms with Crippen molar-refractivity contribution in [3.8, 4) is 0 Å². The van der Waals surface area contributed by atoms with E-state index in [4.69, 9.17) is 0 Å². The van der Waals surface area contributed by atoms with Crippen molar-refractivity contribution < 1.29 is 22.3 Å². The van der Waals surface area contributed by atoms with Gasteiger partial charge in [-0.2, -0.15) is 13.5 Å². The van der Waals surface area contributed by atoms with Crippen LogP contribution in [-0.2, 0) is 16.8 Å². The number of hydrogen-bond acceptors (Lipinski definition) is 1. The molecular formula is CH11CoNOS. The van der Waals surface area contributed by atoms with Crippen molar-refractivity contribution in [2.75, 3.05) is 0 Å². The zero-order valence-electron chi connectivity index (χ0n) is 2.04. The van der Waals surface area contributed by atoms with Gasteiger partial charge in [-0.3, -0.25) is 0 Å². The minimum Gasteiger partial charge on any atom is -0.412 e. The fraction of sp³-hybridized carbons (Fsp3) is 1.00. The third-order valence-corrected chi connectivity index (χ3v) is 0. The van der Waals surface area contributed by atoms with Gasteiger partial charge in [0.1, 0.15) is 0 Å². The molecule has 5 heavy (non-hydrogen) atoms. The Labute approximate surface area is 49.9 Å². The minimum absolute atomic E-state index is 0. The van der Waals surface area contributed by atoms with E-state index in [1.165, 1.54) is 0 Å². The fourth-order valence-corrected chi connectivity index (χ4v) is 0. The van der Waals surface area contributed by atoms with Crippen LogP contribution in [0.1, 0.15) is 7.43 Å². The van der Waals surface area contributed by atoms with E-state index < -0.39 is 0 Å². The van der Waals surface area contributed by atoms with Crippen LogP contribution in [0.25, 0.3) is 0 Å². The van der Waals surface area contributed by atoms with Gasteiger partial charge in [-0.1, -0.05) is 7.43 Å². The van der Waals surface area contributed by atoms with Gasteiger partial charge in [-0.25, -0.2) is 0 Å². The standard InChI is InChI=1S/CH4.Co.H3N.H2O.H2S/h1H4;;1H3;2*1H2. The second kappa shape index (κ2) is 113. The summed E-state index contributed by atoms with van der Waals surface area (Å²) >= 11 is 0. The summed E-state index contributed by atoms with van der Waals surface area (Å²) in [7, 11) is 0. The molecule has 0 aromatic carbocycles. The first-order valence-electron chi connectivity index (χ1n) is 0. The van der Waals surface area contributed by atoms with E-state index >= 15 is 0 Å². The normalized spacial score (nSPS) is 0. The molecule has 0 aliphatic rings. The second-order valence-electron chi connectivity index (χ2n) is 0. The number of rotatable bonds is 0. The van der Waals surface area contributed by atoms with Gasteiger partial charge < -0.3 is 11.6 Å². The summed E-state index contributed by atoms with van der Waals surface area (Å²) < 4.78 is 0. The van der Waals surface area contributed by atoms with Gasteiger partial charge in [0.25, 0.3) is 0 Å². The Morgan fingerprint density at radius 3 is 1.00 bits per heavy atom. The Morgan fingerprint density at radius 2 is 1.00 bits per heavy atom. The summed E-state index contributed by atoms with van der Waals surface area (Å²) in [6.45, 7) is 0. The van der Waals surface area contributed by atoms with Crippen LogP contribution in [0, 0.1) is 0 Å². The molecule has 41 valence electrons. The van der Waals surface area contributed by atoms with Gasteiger partial charge >= 0.3 is 0 Å². The maximum absolute atomic E-state index is 0. The third-order valence-electron chi connectivity index (χ3n) is 0. The van der Waals surface area contributed by atoms with Crippen LogP contribution in [-0.4, -0.2) is 5.48 Å². The molecule has 0 fully saturated rings. The average Bonchev–Trinajstić information content (AvgIpc) is 0. The molecule has 0 spiro atoms. The molecule has 0 aromatic heterocycles. The molecule has 5 N–H and O–H groups in total. The predicted molar refractivity (Wildman–Crippen MR) is 25.7 cm³/mol. The molecule has 0 saturated carbocycles. The molecule has 0 amide bonds. The van der Waals surface area contributed by atoms with Crippen LogP contribution in [0.4, 0.5) is 0 Å². The molecule has 0 saturated heterocycles. The molecule has 0 unspecified atom stereocenters. The Hall–Kier alpha value is 0.776. The summed E-state index contributed by atoms with van der Waals surface area (Å²) in [5.74, 6) is 0. The van der Waals surface area contributed by atoms with Crippen molar-refractivity contribution in [1.82, 2.24) is 6.15 Å². The summed E-state index contributed by atoms with van der Waals surface area (Å²) in [5.41, 5.74) is 0. The third kappa shape index (κ3) is 61.1. The van der Waals surface area contributed by atoms with Crippen molar-refractivity contribution >= 4 is 13.5 Å². The molecule has 0 bridgehead atoms. The van der Waals surface area contributed by atoms with Crippen LogP contribution in [0.5, 0.6) is 0 Å². The molecular weight excluding hydrogens is 133 g/mol. The zero-order chi connectivity index (χ0) is 0. The van der Waals surface area contributed by atoms with E-state index in [0.29, 0.717) is 0 Å². The summed E-state index contributed by atoms with van der Waals surface area (Å²) in [6, 6.07) is 0.